The van der Waals surface area contributed by atoms with Gasteiger partial charge in [0.1, 0.15) is 4.67 Å². The van der Waals surface area contributed by atoms with E-state index in [-0.39, 0.29) is 11.8 Å². The van der Waals surface area contributed by atoms with Crippen molar-refractivity contribution in [2.45, 2.75) is 72.1 Å². The maximum absolute atomic E-state index is 12.6. The lowest BCUT2D eigenvalue weighted by Gasteiger charge is -2.02. The van der Waals surface area contributed by atoms with Gasteiger partial charge in [-0.1, -0.05) is 51.2 Å². The predicted molar refractivity (Wildman–Crippen MR) is 104 cm³/mol. The normalized spacial score (nSPS) is 12.0. The number of carbonyl (C=O) groups excluding carboxylic acids is 2. The largest absolute Gasteiger partial charge is 0.273 e. The zero-order valence-electron chi connectivity index (χ0n) is 15.5. The molecule has 5 heteroatoms. The van der Waals surface area contributed by atoms with Gasteiger partial charge < -0.3 is 0 Å². The second-order valence-electron chi connectivity index (χ2n) is 6.52. The van der Waals surface area contributed by atoms with Crippen LogP contribution in [-0.2, 0) is 4.79 Å². The Hall–Kier alpha value is -1.75. The Kier molecular flexibility index (Phi) is 7.56. The molecule has 1 amide bonds. The lowest BCUT2D eigenvalue weighted by Crippen LogP contribution is -2.07. The summed E-state index contributed by atoms with van der Waals surface area (Å²) in [6, 6.07) is 5.97. The van der Waals surface area contributed by atoms with E-state index in [0.29, 0.717) is 17.5 Å². The van der Waals surface area contributed by atoms with E-state index in [0.717, 1.165) is 55.0 Å². The monoisotopic (exact) mass is 360 g/mol. The second-order valence-corrected chi connectivity index (χ2v) is 7.46. The molecule has 4 nitrogen and oxygen atoms in total. The average Bonchev–Trinajstić information content (AvgIpc) is 2.93. The molecule has 0 saturated carbocycles. The topological polar surface area (TPSA) is 51.4 Å². The van der Waals surface area contributed by atoms with Gasteiger partial charge in [0.05, 0.1) is 5.52 Å². The number of benzene rings is 1. The number of hydrogen-bond donors (Lipinski definition) is 0. The standard InChI is InChI=1S/C20H28N2O2S/c1-4-6-8-10-18(23)21-20-16-14-15(3)12-13-17(16)22(25-20)19(24)11-9-7-5-2/h12-14H,4-11H2,1-3H3. The molecule has 0 aliphatic rings. The number of unbranched alkanes of at least 4 members (excludes halogenated alkanes) is 4. The summed E-state index contributed by atoms with van der Waals surface area (Å²) in [5.41, 5.74) is 1.96. The van der Waals surface area contributed by atoms with Gasteiger partial charge in [-0.3, -0.25) is 9.59 Å². The molecule has 0 spiro atoms. The molecule has 1 aromatic carbocycles. The van der Waals surface area contributed by atoms with E-state index in [4.69, 9.17) is 0 Å². The van der Waals surface area contributed by atoms with Crippen molar-refractivity contribution in [3.8, 4) is 0 Å². The number of carbonyl (C=O) groups is 2. The molecule has 0 aliphatic heterocycles. The summed E-state index contributed by atoms with van der Waals surface area (Å²) < 4.78 is 2.37. The number of aryl methyl sites for hydroxylation is 1. The average molecular weight is 361 g/mol. The van der Waals surface area contributed by atoms with Gasteiger partial charge >= 0.3 is 0 Å². The van der Waals surface area contributed by atoms with Crippen molar-refractivity contribution in [1.82, 2.24) is 3.96 Å². The summed E-state index contributed by atoms with van der Waals surface area (Å²) in [6.07, 6.45) is 7.06. The SMILES string of the molecule is CCCCCC(=O)N=c1sn(C(=O)CCCCC)c2ccc(C)cc12. The Morgan fingerprint density at radius 3 is 2.40 bits per heavy atom. The molecule has 136 valence electrons. The van der Waals surface area contributed by atoms with Gasteiger partial charge in [-0.05, 0) is 43.4 Å². The quantitative estimate of drug-likeness (QED) is 0.605. The first kappa shape index (κ1) is 19.6. The van der Waals surface area contributed by atoms with Crippen LogP contribution in [0.3, 0.4) is 0 Å². The molecular formula is C20H28N2O2S. The maximum atomic E-state index is 12.6. The van der Waals surface area contributed by atoms with Crippen LogP contribution >= 0.6 is 11.5 Å². The number of aromatic nitrogens is 1. The molecule has 0 atom stereocenters. The summed E-state index contributed by atoms with van der Waals surface area (Å²) in [7, 11) is 0. The van der Waals surface area contributed by atoms with E-state index >= 15 is 0 Å². The lowest BCUT2D eigenvalue weighted by atomic mass is 10.1. The number of hydrogen-bond acceptors (Lipinski definition) is 3. The van der Waals surface area contributed by atoms with Crippen molar-refractivity contribution < 1.29 is 9.59 Å². The smallest absolute Gasteiger partial charge is 0.247 e. The summed E-state index contributed by atoms with van der Waals surface area (Å²) in [5, 5.41) is 0.901. The first-order valence-electron chi connectivity index (χ1n) is 9.30. The molecule has 0 fully saturated rings. The van der Waals surface area contributed by atoms with Crippen LogP contribution in [0.4, 0.5) is 0 Å². The van der Waals surface area contributed by atoms with Crippen molar-refractivity contribution in [3.63, 3.8) is 0 Å². The molecule has 0 N–H and O–H groups in total. The molecular weight excluding hydrogens is 332 g/mol. The van der Waals surface area contributed by atoms with E-state index in [9.17, 15) is 9.59 Å². The minimum Gasteiger partial charge on any atom is -0.273 e. The first-order chi connectivity index (χ1) is 12.1. The Balaban J connectivity index is 2.35. The molecule has 0 unspecified atom stereocenters. The Morgan fingerprint density at radius 2 is 1.72 bits per heavy atom. The van der Waals surface area contributed by atoms with Crippen molar-refractivity contribution in [3.05, 3.63) is 28.4 Å². The molecule has 1 aromatic heterocycles. The lowest BCUT2D eigenvalue weighted by molar-refractivity contribution is -0.118. The van der Waals surface area contributed by atoms with Crippen LogP contribution in [0, 0.1) is 6.92 Å². The predicted octanol–water partition coefficient (Wildman–Crippen LogP) is 5.24. The highest BCUT2D eigenvalue weighted by molar-refractivity contribution is 7.06. The minimum atomic E-state index is -0.0938. The summed E-state index contributed by atoms with van der Waals surface area (Å²) in [4.78, 5) is 29.0. The van der Waals surface area contributed by atoms with E-state index in [1.54, 1.807) is 3.96 Å². The van der Waals surface area contributed by atoms with Gasteiger partial charge in [0.2, 0.25) is 11.8 Å². The Bertz CT molecular complexity index is 802. The zero-order chi connectivity index (χ0) is 18.2. The van der Waals surface area contributed by atoms with Crippen molar-refractivity contribution in [2.75, 3.05) is 0 Å². The molecule has 0 radical (unpaired) electrons. The van der Waals surface area contributed by atoms with Crippen molar-refractivity contribution >= 4 is 34.2 Å². The van der Waals surface area contributed by atoms with Gasteiger partial charge in [-0.2, -0.15) is 0 Å². The second kappa shape index (κ2) is 9.66. The van der Waals surface area contributed by atoms with Crippen LogP contribution in [0.1, 0.15) is 75.6 Å². The van der Waals surface area contributed by atoms with E-state index in [2.05, 4.69) is 18.8 Å². The van der Waals surface area contributed by atoms with Gasteiger partial charge in [0.25, 0.3) is 0 Å². The summed E-state index contributed by atoms with van der Waals surface area (Å²) in [6.45, 7) is 6.25. The van der Waals surface area contributed by atoms with Crippen LogP contribution < -0.4 is 4.67 Å². The number of rotatable bonds is 8. The van der Waals surface area contributed by atoms with Crippen molar-refractivity contribution in [2.24, 2.45) is 4.99 Å². The van der Waals surface area contributed by atoms with E-state index in [1.165, 1.54) is 11.5 Å². The zero-order valence-corrected chi connectivity index (χ0v) is 16.3. The number of amides is 1. The Labute approximate surface area is 153 Å². The highest BCUT2D eigenvalue weighted by Crippen LogP contribution is 2.18. The van der Waals surface area contributed by atoms with Crippen molar-refractivity contribution in [1.29, 1.82) is 0 Å². The maximum Gasteiger partial charge on any atom is 0.247 e. The highest BCUT2D eigenvalue weighted by Gasteiger charge is 2.13. The number of fused-ring (bicyclic) bond motifs is 1. The molecule has 25 heavy (non-hydrogen) atoms. The fourth-order valence-corrected chi connectivity index (χ4v) is 3.80. The third-order valence-electron chi connectivity index (χ3n) is 4.22. The van der Waals surface area contributed by atoms with Gasteiger partial charge in [-0.25, -0.2) is 8.95 Å². The fraction of sp³-hybridized carbons (Fsp3) is 0.550. The summed E-state index contributed by atoms with van der Waals surface area (Å²) >= 11 is 1.29. The molecule has 0 aliphatic carbocycles. The molecule has 0 saturated heterocycles. The number of nitrogens with zero attached hydrogens (tertiary/aromatic N) is 2. The summed E-state index contributed by atoms with van der Waals surface area (Å²) in [5.74, 6) is -0.00382. The van der Waals surface area contributed by atoms with Crippen LogP contribution in [0.15, 0.2) is 23.2 Å². The van der Waals surface area contributed by atoms with E-state index in [1.807, 2.05) is 25.1 Å². The molecule has 2 aromatic rings. The first-order valence-corrected chi connectivity index (χ1v) is 10.1. The van der Waals surface area contributed by atoms with Gasteiger partial charge in [-0.15, -0.1) is 0 Å². The van der Waals surface area contributed by atoms with Gasteiger partial charge in [0.15, 0.2) is 0 Å². The third kappa shape index (κ3) is 5.36. The van der Waals surface area contributed by atoms with Gasteiger partial charge in [0, 0.05) is 18.2 Å². The van der Waals surface area contributed by atoms with Crippen LogP contribution in [-0.4, -0.2) is 15.8 Å². The Morgan fingerprint density at radius 1 is 1.04 bits per heavy atom. The third-order valence-corrected chi connectivity index (χ3v) is 5.29. The minimum absolute atomic E-state index is 0.0900. The molecule has 2 rings (SSSR count). The van der Waals surface area contributed by atoms with Crippen LogP contribution in [0.5, 0.6) is 0 Å². The van der Waals surface area contributed by atoms with Crippen LogP contribution in [0.25, 0.3) is 10.9 Å². The van der Waals surface area contributed by atoms with Crippen LogP contribution in [0.2, 0.25) is 0 Å². The molecule has 1 heterocycles. The van der Waals surface area contributed by atoms with E-state index < -0.39 is 0 Å². The fourth-order valence-electron chi connectivity index (χ4n) is 2.77. The highest BCUT2D eigenvalue weighted by atomic mass is 32.1. The molecule has 0 bridgehead atoms.